The van der Waals surface area contributed by atoms with Gasteiger partial charge in [-0.2, -0.15) is 5.10 Å². The maximum atomic E-state index is 13.2. The Bertz CT molecular complexity index is 1320. The number of methoxy groups -OCH3 is 1. The molecule has 0 saturated carbocycles. The zero-order valence-electron chi connectivity index (χ0n) is 18.2. The van der Waals surface area contributed by atoms with E-state index < -0.39 is 0 Å². The summed E-state index contributed by atoms with van der Waals surface area (Å²) in [5.74, 6) is 1.30. The number of nitrogens with zero attached hydrogens (tertiary/aromatic N) is 3. The van der Waals surface area contributed by atoms with Crippen molar-refractivity contribution in [2.75, 3.05) is 19.5 Å². The Morgan fingerprint density at radius 3 is 2.73 bits per heavy atom. The lowest BCUT2D eigenvalue weighted by atomic mass is 10.2. The smallest absolute Gasteiger partial charge is 0.269 e. The molecule has 2 aromatic carbocycles. The second kappa shape index (κ2) is 10.2. The van der Waals surface area contributed by atoms with Gasteiger partial charge in [-0.25, -0.2) is 4.98 Å². The van der Waals surface area contributed by atoms with Gasteiger partial charge in [0.05, 0.1) is 31.4 Å². The van der Waals surface area contributed by atoms with E-state index in [-0.39, 0.29) is 17.2 Å². The molecule has 0 unspecified atom stereocenters. The van der Waals surface area contributed by atoms with Gasteiger partial charge in [0.15, 0.2) is 10.8 Å². The molecule has 2 N–H and O–H groups in total. The van der Waals surface area contributed by atoms with Crippen molar-refractivity contribution in [1.82, 2.24) is 25.1 Å². The molecule has 10 heteroatoms. The lowest BCUT2D eigenvalue weighted by Crippen LogP contribution is -2.26. The molecule has 4 aromatic rings. The summed E-state index contributed by atoms with van der Waals surface area (Å²) in [6.07, 6.45) is 1.45. The highest BCUT2D eigenvalue weighted by molar-refractivity contribution is 7.99. The van der Waals surface area contributed by atoms with E-state index in [2.05, 4.69) is 20.5 Å². The van der Waals surface area contributed by atoms with Gasteiger partial charge in [0.25, 0.3) is 5.56 Å². The van der Waals surface area contributed by atoms with Crippen LogP contribution >= 0.6 is 11.8 Å². The van der Waals surface area contributed by atoms with Crippen LogP contribution < -0.4 is 20.3 Å². The molecule has 2 heterocycles. The Morgan fingerprint density at radius 2 is 1.97 bits per heavy atom. The van der Waals surface area contributed by atoms with Crippen molar-refractivity contribution in [2.24, 2.45) is 0 Å². The minimum Gasteiger partial charge on any atom is -0.496 e. The van der Waals surface area contributed by atoms with Crippen LogP contribution in [0.15, 0.2) is 64.7 Å². The average Bonchev–Trinajstić information content (AvgIpc) is 3.31. The summed E-state index contributed by atoms with van der Waals surface area (Å²) in [6, 6.07) is 14.6. The number of ether oxygens (including phenoxy) is 2. The molecular formula is C23H23N5O4S. The fourth-order valence-electron chi connectivity index (χ4n) is 3.28. The number of nitrogens with one attached hydrogen (secondary N) is 2. The first kappa shape index (κ1) is 22.4. The first-order valence-electron chi connectivity index (χ1n) is 10.3. The van der Waals surface area contributed by atoms with Crippen molar-refractivity contribution < 1.29 is 14.3 Å². The molecule has 2 aromatic heterocycles. The Hall–Kier alpha value is -3.79. The number of thioether (sulfide) groups is 1. The molecule has 0 atom stereocenters. The molecular weight excluding hydrogens is 442 g/mol. The average molecular weight is 466 g/mol. The summed E-state index contributed by atoms with van der Waals surface area (Å²) in [5, 5.41) is 10.3. The molecule has 0 saturated heterocycles. The van der Waals surface area contributed by atoms with Crippen LogP contribution in [0.5, 0.6) is 11.5 Å². The maximum absolute atomic E-state index is 13.2. The summed E-state index contributed by atoms with van der Waals surface area (Å²) in [4.78, 5) is 30.2. The van der Waals surface area contributed by atoms with Gasteiger partial charge < -0.3 is 14.8 Å². The second-order valence-corrected chi connectivity index (χ2v) is 7.91. The SMILES string of the molecule is CCOc1ccc(-n2c(SCC(=O)NCc3ccccc3OC)nc3[nH]ncc3c2=O)cc1. The third-order valence-electron chi connectivity index (χ3n) is 4.86. The number of rotatable bonds is 9. The van der Waals surface area contributed by atoms with E-state index in [1.54, 1.807) is 31.4 Å². The van der Waals surface area contributed by atoms with E-state index in [1.807, 2.05) is 31.2 Å². The number of aromatic amines is 1. The number of benzene rings is 2. The predicted molar refractivity (Wildman–Crippen MR) is 126 cm³/mol. The fraction of sp³-hybridized carbons (Fsp3) is 0.217. The molecule has 0 aliphatic heterocycles. The highest BCUT2D eigenvalue weighted by atomic mass is 32.2. The van der Waals surface area contributed by atoms with Crippen molar-refractivity contribution >= 4 is 28.7 Å². The van der Waals surface area contributed by atoms with Crippen LogP contribution in [0, 0.1) is 0 Å². The van der Waals surface area contributed by atoms with Crippen molar-refractivity contribution in [2.45, 2.75) is 18.6 Å². The van der Waals surface area contributed by atoms with Crippen molar-refractivity contribution in [3.8, 4) is 17.2 Å². The van der Waals surface area contributed by atoms with Gasteiger partial charge in [0, 0.05) is 12.1 Å². The third kappa shape index (κ3) is 5.01. The molecule has 1 amide bonds. The van der Waals surface area contributed by atoms with Crippen LogP contribution in [0.4, 0.5) is 0 Å². The molecule has 170 valence electrons. The van der Waals surface area contributed by atoms with E-state index in [0.717, 1.165) is 5.56 Å². The molecule has 0 aliphatic carbocycles. The zero-order chi connectivity index (χ0) is 23.2. The van der Waals surface area contributed by atoms with E-state index in [9.17, 15) is 9.59 Å². The van der Waals surface area contributed by atoms with Gasteiger partial charge in [-0.3, -0.25) is 19.3 Å². The normalized spacial score (nSPS) is 10.8. The fourth-order valence-corrected chi connectivity index (χ4v) is 4.12. The highest BCUT2D eigenvalue weighted by Gasteiger charge is 2.16. The largest absolute Gasteiger partial charge is 0.496 e. The van der Waals surface area contributed by atoms with Crippen LogP contribution in [0.1, 0.15) is 12.5 Å². The van der Waals surface area contributed by atoms with Crippen molar-refractivity contribution in [3.05, 3.63) is 70.6 Å². The monoisotopic (exact) mass is 465 g/mol. The molecule has 0 aliphatic rings. The quantitative estimate of drug-likeness (QED) is 0.289. The van der Waals surface area contributed by atoms with Gasteiger partial charge in [0.1, 0.15) is 16.9 Å². The summed E-state index contributed by atoms with van der Waals surface area (Å²) in [7, 11) is 1.59. The Morgan fingerprint density at radius 1 is 1.18 bits per heavy atom. The number of amides is 1. The Balaban J connectivity index is 1.55. The standard InChI is InChI=1S/C23H23N5O4S/c1-3-32-17-10-8-16(9-11-17)28-22(30)18-13-25-27-21(18)26-23(28)33-14-20(29)24-12-15-6-4-5-7-19(15)31-2/h4-11,13H,3,12,14H2,1-2H3,(H,24,29)(H,25,27). The van der Waals surface area contributed by atoms with E-state index in [1.165, 1.54) is 22.5 Å². The van der Waals surface area contributed by atoms with E-state index >= 15 is 0 Å². The first-order valence-corrected chi connectivity index (χ1v) is 11.3. The summed E-state index contributed by atoms with van der Waals surface area (Å²) < 4.78 is 12.3. The second-order valence-electron chi connectivity index (χ2n) is 6.97. The molecule has 33 heavy (non-hydrogen) atoms. The number of hydrogen-bond acceptors (Lipinski definition) is 7. The molecule has 0 bridgehead atoms. The first-order chi connectivity index (χ1) is 16.1. The van der Waals surface area contributed by atoms with Gasteiger partial charge in [-0.15, -0.1) is 0 Å². The summed E-state index contributed by atoms with van der Waals surface area (Å²) in [6.45, 7) is 2.79. The Labute approximate surface area is 194 Å². The van der Waals surface area contributed by atoms with Gasteiger partial charge in [-0.1, -0.05) is 30.0 Å². The predicted octanol–water partition coefficient (Wildman–Crippen LogP) is 2.92. The molecule has 0 spiro atoms. The Kier molecular flexibility index (Phi) is 6.94. The number of fused-ring (bicyclic) bond motifs is 1. The zero-order valence-corrected chi connectivity index (χ0v) is 19.0. The van der Waals surface area contributed by atoms with E-state index in [0.29, 0.717) is 46.5 Å². The number of aromatic nitrogens is 4. The molecule has 4 rings (SSSR count). The van der Waals surface area contributed by atoms with Crippen molar-refractivity contribution in [1.29, 1.82) is 0 Å². The number of carbonyl (C=O) groups is 1. The topological polar surface area (TPSA) is 111 Å². The molecule has 0 radical (unpaired) electrons. The third-order valence-corrected chi connectivity index (χ3v) is 5.80. The molecule has 0 fully saturated rings. The van der Waals surface area contributed by atoms with E-state index in [4.69, 9.17) is 9.47 Å². The van der Waals surface area contributed by atoms with Crippen LogP contribution in [-0.2, 0) is 11.3 Å². The minimum absolute atomic E-state index is 0.0816. The minimum atomic E-state index is -0.269. The highest BCUT2D eigenvalue weighted by Crippen LogP contribution is 2.22. The number of H-pyrrole nitrogens is 1. The van der Waals surface area contributed by atoms with Crippen LogP contribution in [0.25, 0.3) is 16.7 Å². The number of para-hydroxylation sites is 1. The van der Waals surface area contributed by atoms with Crippen LogP contribution in [0.3, 0.4) is 0 Å². The molecule has 9 nitrogen and oxygen atoms in total. The maximum Gasteiger partial charge on any atom is 0.269 e. The summed E-state index contributed by atoms with van der Waals surface area (Å²) in [5.41, 5.74) is 1.60. The van der Waals surface area contributed by atoms with Crippen LogP contribution in [-0.4, -0.2) is 45.1 Å². The number of carbonyl (C=O) groups excluding carboxylic acids is 1. The number of hydrogen-bond donors (Lipinski definition) is 2. The van der Waals surface area contributed by atoms with Gasteiger partial charge in [0.2, 0.25) is 5.91 Å². The lowest BCUT2D eigenvalue weighted by molar-refractivity contribution is -0.118. The summed E-state index contributed by atoms with van der Waals surface area (Å²) >= 11 is 1.17. The van der Waals surface area contributed by atoms with Gasteiger partial charge >= 0.3 is 0 Å². The van der Waals surface area contributed by atoms with Gasteiger partial charge in [-0.05, 0) is 37.3 Å². The van der Waals surface area contributed by atoms with Crippen LogP contribution in [0.2, 0.25) is 0 Å². The van der Waals surface area contributed by atoms with Crippen molar-refractivity contribution in [3.63, 3.8) is 0 Å². The lowest BCUT2D eigenvalue weighted by Gasteiger charge is -2.13.